The lowest BCUT2D eigenvalue weighted by atomic mass is 10.1. The molecule has 6 heteroatoms. The second kappa shape index (κ2) is 6.13. The molecule has 2 N–H and O–H groups in total. The molecule has 0 saturated carbocycles. The van der Waals surface area contributed by atoms with E-state index in [9.17, 15) is 14.7 Å². The molecule has 0 spiro atoms. The Morgan fingerprint density at radius 1 is 1.43 bits per heavy atom. The zero-order valence-electron chi connectivity index (χ0n) is 12.4. The van der Waals surface area contributed by atoms with Gasteiger partial charge < -0.3 is 20.1 Å². The van der Waals surface area contributed by atoms with E-state index in [1.807, 2.05) is 6.92 Å². The largest absolute Gasteiger partial charge is 0.478 e. The Bertz CT molecular complexity index is 559. The van der Waals surface area contributed by atoms with Crippen molar-refractivity contribution in [1.82, 2.24) is 4.90 Å². The van der Waals surface area contributed by atoms with Crippen molar-refractivity contribution in [3.63, 3.8) is 0 Å². The quantitative estimate of drug-likeness (QED) is 0.896. The Balaban J connectivity index is 2.18. The molecule has 114 valence electrons. The smallest absolute Gasteiger partial charge is 0.337 e. The van der Waals surface area contributed by atoms with Crippen LogP contribution in [0.2, 0.25) is 0 Å². The minimum atomic E-state index is -1.06. The van der Waals surface area contributed by atoms with Crippen LogP contribution < -0.4 is 5.32 Å². The molecular formula is C15H20N2O4. The maximum atomic E-state index is 12.3. The van der Waals surface area contributed by atoms with E-state index in [1.165, 1.54) is 6.07 Å². The Morgan fingerprint density at radius 3 is 2.71 bits per heavy atom. The monoisotopic (exact) mass is 292 g/mol. The van der Waals surface area contributed by atoms with Gasteiger partial charge in [0, 0.05) is 13.7 Å². The van der Waals surface area contributed by atoms with Gasteiger partial charge in [0.25, 0.3) is 0 Å². The number of amides is 2. The van der Waals surface area contributed by atoms with Gasteiger partial charge in [-0.1, -0.05) is 12.1 Å². The van der Waals surface area contributed by atoms with Crippen LogP contribution in [0.5, 0.6) is 0 Å². The number of benzene rings is 1. The molecule has 1 aromatic rings. The summed E-state index contributed by atoms with van der Waals surface area (Å²) in [6.07, 6.45) is 0.765. The molecule has 0 aliphatic carbocycles. The van der Waals surface area contributed by atoms with E-state index in [-0.39, 0.29) is 23.7 Å². The number of hydrogen-bond acceptors (Lipinski definition) is 3. The number of urea groups is 1. The number of rotatable bonds is 3. The molecular weight excluding hydrogens is 272 g/mol. The van der Waals surface area contributed by atoms with Crippen molar-refractivity contribution in [3.8, 4) is 0 Å². The fourth-order valence-corrected chi connectivity index (χ4v) is 2.59. The zero-order chi connectivity index (χ0) is 15.6. The number of carboxylic acid groups (broad SMARTS) is 1. The fourth-order valence-electron chi connectivity index (χ4n) is 2.59. The van der Waals surface area contributed by atoms with Gasteiger partial charge >= 0.3 is 12.0 Å². The molecule has 2 amide bonds. The van der Waals surface area contributed by atoms with Crippen LogP contribution in [0.15, 0.2) is 18.2 Å². The Morgan fingerprint density at radius 2 is 2.14 bits per heavy atom. The van der Waals surface area contributed by atoms with Crippen LogP contribution in [-0.2, 0) is 4.74 Å². The fraction of sp³-hybridized carbons (Fsp3) is 0.467. The number of aryl methyl sites for hydroxylation is 1. The Labute approximate surface area is 123 Å². The molecule has 21 heavy (non-hydrogen) atoms. The molecule has 6 nitrogen and oxygen atoms in total. The summed E-state index contributed by atoms with van der Waals surface area (Å²) in [7, 11) is 1.70. The van der Waals surface area contributed by atoms with Crippen LogP contribution >= 0.6 is 0 Å². The summed E-state index contributed by atoms with van der Waals surface area (Å²) in [5.74, 6) is -1.06. The molecule has 1 fully saturated rings. The first-order valence-electron chi connectivity index (χ1n) is 6.90. The lowest BCUT2D eigenvalue weighted by Crippen LogP contribution is -2.43. The van der Waals surface area contributed by atoms with Crippen LogP contribution in [0.25, 0.3) is 0 Å². The van der Waals surface area contributed by atoms with Crippen molar-refractivity contribution < 1.29 is 19.4 Å². The molecule has 1 heterocycles. The van der Waals surface area contributed by atoms with Crippen molar-refractivity contribution >= 4 is 17.7 Å². The van der Waals surface area contributed by atoms with E-state index >= 15 is 0 Å². The lowest BCUT2D eigenvalue weighted by Gasteiger charge is -2.27. The van der Waals surface area contributed by atoms with Crippen molar-refractivity contribution in [3.05, 3.63) is 29.3 Å². The zero-order valence-corrected chi connectivity index (χ0v) is 12.4. The van der Waals surface area contributed by atoms with E-state index in [0.717, 1.165) is 6.42 Å². The number of hydrogen-bond donors (Lipinski definition) is 2. The van der Waals surface area contributed by atoms with Crippen LogP contribution in [0, 0.1) is 6.92 Å². The van der Waals surface area contributed by atoms with Crippen LogP contribution in [0.3, 0.4) is 0 Å². The van der Waals surface area contributed by atoms with Gasteiger partial charge in [-0.05, 0) is 31.9 Å². The van der Waals surface area contributed by atoms with E-state index in [0.29, 0.717) is 17.9 Å². The first kappa shape index (κ1) is 15.3. The number of anilines is 1. The number of carbonyl (C=O) groups excluding carboxylic acids is 1. The number of ether oxygens (including phenoxy) is 1. The van der Waals surface area contributed by atoms with Crippen LogP contribution in [0.1, 0.15) is 29.3 Å². The predicted molar refractivity (Wildman–Crippen MR) is 78.7 cm³/mol. The first-order chi connectivity index (χ1) is 9.91. The summed E-state index contributed by atoms with van der Waals surface area (Å²) in [6, 6.07) is 4.58. The molecule has 1 aliphatic heterocycles. The summed E-state index contributed by atoms with van der Waals surface area (Å²) in [6.45, 7) is 4.33. The van der Waals surface area contributed by atoms with Gasteiger partial charge in [0.05, 0.1) is 23.4 Å². The van der Waals surface area contributed by atoms with Gasteiger partial charge in [-0.2, -0.15) is 0 Å². The molecule has 0 aromatic heterocycles. The molecule has 2 rings (SSSR count). The standard InChI is InChI=1S/C15H20N2O4/c1-9-5-4-6-11(14(18)19)13(9)16-15(20)17(3)12-7-8-21-10(12)2/h4-6,10,12H,7-8H2,1-3H3,(H,16,20)(H,18,19). The summed E-state index contributed by atoms with van der Waals surface area (Å²) in [4.78, 5) is 25.2. The molecule has 1 saturated heterocycles. The number of likely N-dealkylation sites (N-methyl/N-ethyl adjacent to an activating group) is 1. The lowest BCUT2D eigenvalue weighted by molar-refractivity contribution is 0.0698. The van der Waals surface area contributed by atoms with Gasteiger partial charge in [0.1, 0.15) is 0 Å². The van der Waals surface area contributed by atoms with Crippen molar-refractivity contribution in [2.24, 2.45) is 0 Å². The highest BCUT2D eigenvalue weighted by atomic mass is 16.5. The molecule has 1 aliphatic rings. The average molecular weight is 292 g/mol. The van der Waals surface area contributed by atoms with E-state index < -0.39 is 5.97 Å². The van der Waals surface area contributed by atoms with Crippen molar-refractivity contribution in [1.29, 1.82) is 0 Å². The second-order valence-corrected chi connectivity index (χ2v) is 5.28. The number of nitrogens with one attached hydrogen (secondary N) is 1. The van der Waals surface area contributed by atoms with Gasteiger partial charge in [-0.25, -0.2) is 9.59 Å². The van der Waals surface area contributed by atoms with E-state index in [1.54, 1.807) is 31.0 Å². The third-order valence-corrected chi connectivity index (χ3v) is 3.89. The van der Waals surface area contributed by atoms with E-state index in [2.05, 4.69) is 5.32 Å². The number of carbonyl (C=O) groups is 2. The average Bonchev–Trinajstić information content (AvgIpc) is 2.86. The molecule has 2 unspecified atom stereocenters. The molecule has 2 atom stereocenters. The maximum Gasteiger partial charge on any atom is 0.337 e. The first-order valence-corrected chi connectivity index (χ1v) is 6.90. The highest BCUT2D eigenvalue weighted by molar-refractivity contribution is 6.01. The van der Waals surface area contributed by atoms with Gasteiger partial charge in [0.2, 0.25) is 0 Å². The minimum Gasteiger partial charge on any atom is -0.478 e. The summed E-state index contributed by atoms with van der Waals surface area (Å²) in [5.41, 5.74) is 1.15. The van der Waals surface area contributed by atoms with Gasteiger partial charge in [-0.3, -0.25) is 0 Å². The van der Waals surface area contributed by atoms with E-state index in [4.69, 9.17) is 4.74 Å². The summed E-state index contributed by atoms with van der Waals surface area (Å²) in [5, 5.41) is 11.9. The molecule has 0 radical (unpaired) electrons. The Hall–Kier alpha value is -2.08. The predicted octanol–water partition coefficient (Wildman–Crippen LogP) is 2.33. The second-order valence-electron chi connectivity index (χ2n) is 5.28. The Kier molecular flexibility index (Phi) is 4.47. The van der Waals surface area contributed by atoms with Crippen LogP contribution in [-0.4, -0.2) is 47.8 Å². The van der Waals surface area contributed by atoms with Crippen LogP contribution in [0.4, 0.5) is 10.5 Å². The summed E-state index contributed by atoms with van der Waals surface area (Å²) >= 11 is 0. The van der Waals surface area contributed by atoms with Gasteiger partial charge in [0.15, 0.2) is 0 Å². The van der Waals surface area contributed by atoms with Crippen molar-refractivity contribution in [2.45, 2.75) is 32.4 Å². The SMILES string of the molecule is Cc1cccc(C(=O)O)c1NC(=O)N(C)C1CCOC1C. The maximum absolute atomic E-state index is 12.3. The number of nitrogens with zero attached hydrogens (tertiary/aromatic N) is 1. The van der Waals surface area contributed by atoms with Crippen molar-refractivity contribution in [2.75, 3.05) is 19.0 Å². The number of carboxylic acids is 1. The minimum absolute atomic E-state index is 0.00213. The third-order valence-electron chi connectivity index (χ3n) is 3.89. The summed E-state index contributed by atoms with van der Waals surface area (Å²) < 4.78 is 5.46. The highest BCUT2D eigenvalue weighted by Crippen LogP contribution is 2.23. The number of para-hydroxylation sites is 1. The molecule has 1 aromatic carbocycles. The highest BCUT2D eigenvalue weighted by Gasteiger charge is 2.31. The normalized spacial score (nSPS) is 21.1. The van der Waals surface area contributed by atoms with Gasteiger partial charge in [-0.15, -0.1) is 0 Å². The topological polar surface area (TPSA) is 78.9 Å². The number of aromatic carboxylic acids is 1. The molecule has 0 bridgehead atoms. The third kappa shape index (κ3) is 3.16.